The summed E-state index contributed by atoms with van der Waals surface area (Å²) in [6, 6.07) is 11.2. The molecule has 2 aromatic carbocycles. The molecule has 2 rings (SSSR count). The monoisotopic (exact) mass is 597 g/mol. The van der Waals surface area contributed by atoms with Gasteiger partial charge >= 0.3 is 12.1 Å². The van der Waals surface area contributed by atoms with Crippen LogP contribution in [0.25, 0.3) is 0 Å². The van der Waals surface area contributed by atoms with Crippen molar-refractivity contribution in [2.75, 3.05) is 13.7 Å². The van der Waals surface area contributed by atoms with E-state index in [-0.39, 0.29) is 17.7 Å². The van der Waals surface area contributed by atoms with E-state index in [1.54, 1.807) is 45.9 Å². The number of carbonyl (C=O) groups is 4. The van der Waals surface area contributed by atoms with Crippen molar-refractivity contribution in [2.24, 2.45) is 5.92 Å². The second-order valence-electron chi connectivity index (χ2n) is 12.2. The molecule has 0 fully saturated rings. The lowest BCUT2D eigenvalue weighted by molar-refractivity contribution is -0.146. The molecule has 236 valence electrons. The van der Waals surface area contributed by atoms with Gasteiger partial charge in [-0.1, -0.05) is 62.4 Å². The van der Waals surface area contributed by atoms with Gasteiger partial charge in [0.15, 0.2) is 0 Å². The van der Waals surface area contributed by atoms with Crippen LogP contribution in [0.4, 0.5) is 4.79 Å². The van der Waals surface area contributed by atoms with Gasteiger partial charge in [-0.25, -0.2) is 4.79 Å². The molecule has 0 aliphatic rings. The highest BCUT2D eigenvalue weighted by Gasteiger charge is 2.40. The number of rotatable bonds is 13. The van der Waals surface area contributed by atoms with Crippen LogP contribution in [0.15, 0.2) is 48.5 Å². The molecule has 3 unspecified atom stereocenters. The molecule has 3 N–H and O–H groups in total. The highest BCUT2D eigenvalue weighted by atomic mass is 16.6. The van der Waals surface area contributed by atoms with E-state index >= 15 is 0 Å². The average Bonchev–Trinajstić information content (AvgIpc) is 2.93. The van der Waals surface area contributed by atoms with Gasteiger partial charge in [0.1, 0.15) is 30.0 Å². The Labute approximate surface area is 255 Å². The number of alkyl carbamates (subject to hydrolysis) is 1. The molecule has 2 aromatic rings. The molecule has 0 aliphatic carbocycles. The van der Waals surface area contributed by atoms with Crippen LogP contribution in [0.1, 0.15) is 77.1 Å². The lowest BCUT2D eigenvalue weighted by Crippen LogP contribution is -2.56. The third-order valence-electron chi connectivity index (χ3n) is 6.89. The number of amides is 3. The SMILES string of the molecule is COC(=O)CNC(=O)C(c1cccc(C)c1O)N(C(=O)C(Cc1ccccc1)NC(=O)OC(C)(C)C)C(C)CCC(C)C. The number of aromatic hydroxyl groups is 1. The van der Waals surface area contributed by atoms with E-state index in [0.717, 1.165) is 12.0 Å². The van der Waals surface area contributed by atoms with Gasteiger partial charge in [0.2, 0.25) is 11.8 Å². The first-order chi connectivity index (χ1) is 20.1. The first-order valence-corrected chi connectivity index (χ1v) is 14.6. The molecule has 0 spiro atoms. The lowest BCUT2D eigenvalue weighted by Gasteiger charge is -2.39. The molecule has 43 heavy (non-hydrogen) atoms. The fraction of sp³-hybridized carbons (Fsp3) is 0.515. The minimum atomic E-state index is -1.32. The standard InChI is InChI=1S/C33H47N3O7/c1-21(2)17-18-23(4)36(28(30(39)34-20-27(37)42-8)25-16-12-13-22(3)29(25)38)31(40)26(19-24-14-10-9-11-15-24)35-32(41)43-33(5,6)7/h9-16,21,23,26,28,38H,17-20H2,1-8H3,(H,34,39)(H,35,41). The minimum absolute atomic E-state index is 0.128. The van der Waals surface area contributed by atoms with Crippen molar-refractivity contribution in [3.05, 3.63) is 65.2 Å². The van der Waals surface area contributed by atoms with Gasteiger partial charge in [0, 0.05) is 18.0 Å². The number of esters is 1. The summed E-state index contributed by atoms with van der Waals surface area (Å²) < 4.78 is 10.2. The Morgan fingerprint density at radius 1 is 0.953 bits per heavy atom. The van der Waals surface area contributed by atoms with Crippen LogP contribution in [0.5, 0.6) is 5.75 Å². The molecule has 10 heteroatoms. The Kier molecular flexibility index (Phi) is 13.0. The molecule has 0 bridgehead atoms. The second-order valence-corrected chi connectivity index (χ2v) is 12.2. The molecule has 0 aromatic heterocycles. The fourth-order valence-corrected chi connectivity index (χ4v) is 4.64. The van der Waals surface area contributed by atoms with Gasteiger partial charge in [0.05, 0.1) is 7.11 Å². The Morgan fingerprint density at radius 2 is 1.60 bits per heavy atom. The summed E-state index contributed by atoms with van der Waals surface area (Å²) in [5.74, 6) is -1.70. The maximum Gasteiger partial charge on any atom is 0.408 e. The Morgan fingerprint density at radius 3 is 2.19 bits per heavy atom. The number of ether oxygens (including phenoxy) is 2. The van der Waals surface area contributed by atoms with Crippen LogP contribution in [-0.2, 0) is 30.3 Å². The quantitative estimate of drug-likeness (QED) is 0.282. The zero-order valence-corrected chi connectivity index (χ0v) is 26.6. The first-order valence-electron chi connectivity index (χ1n) is 14.6. The highest BCUT2D eigenvalue weighted by molar-refractivity contribution is 5.94. The van der Waals surface area contributed by atoms with Crippen LogP contribution in [-0.4, -0.2) is 65.2 Å². The van der Waals surface area contributed by atoms with E-state index in [1.165, 1.54) is 12.0 Å². The Hall–Kier alpha value is -4.08. The van der Waals surface area contributed by atoms with Crippen molar-refractivity contribution in [3.8, 4) is 5.75 Å². The maximum absolute atomic E-state index is 14.6. The number of hydrogen-bond donors (Lipinski definition) is 3. The van der Waals surface area contributed by atoms with Gasteiger partial charge in [-0.05, 0) is 64.5 Å². The largest absolute Gasteiger partial charge is 0.507 e. The summed E-state index contributed by atoms with van der Waals surface area (Å²) in [4.78, 5) is 54.8. The Balaban J connectivity index is 2.69. The third kappa shape index (κ3) is 10.9. The number of benzene rings is 2. The number of nitrogens with zero attached hydrogens (tertiary/aromatic N) is 1. The van der Waals surface area contributed by atoms with Crippen LogP contribution in [0.2, 0.25) is 0 Å². The average molecular weight is 598 g/mol. The smallest absolute Gasteiger partial charge is 0.408 e. The lowest BCUT2D eigenvalue weighted by atomic mass is 9.94. The number of carbonyl (C=O) groups excluding carboxylic acids is 4. The Bertz CT molecular complexity index is 1240. The van der Waals surface area contributed by atoms with E-state index in [1.807, 2.05) is 37.3 Å². The number of phenolic OH excluding ortho intramolecular Hbond substituents is 1. The highest BCUT2D eigenvalue weighted by Crippen LogP contribution is 2.34. The third-order valence-corrected chi connectivity index (χ3v) is 6.89. The van der Waals surface area contributed by atoms with Crippen LogP contribution in [0.3, 0.4) is 0 Å². The molecular formula is C33H47N3O7. The second kappa shape index (κ2) is 16.0. The van der Waals surface area contributed by atoms with Crippen molar-refractivity contribution in [2.45, 2.75) is 91.5 Å². The van der Waals surface area contributed by atoms with Gasteiger partial charge in [0.25, 0.3) is 0 Å². The summed E-state index contributed by atoms with van der Waals surface area (Å²) in [7, 11) is 1.21. The zero-order valence-electron chi connectivity index (χ0n) is 26.6. The van der Waals surface area contributed by atoms with Gasteiger partial charge in [-0.3, -0.25) is 14.4 Å². The van der Waals surface area contributed by atoms with Crippen LogP contribution in [0, 0.1) is 12.8 Å². The van der Waals surface area contributed by atoms with E-state index in [9.17, 15) is 24.3 Å². The van der Waals surface area contributed by atoms with Gasteiger partial charge in [-0.15, -0.1) is 0 Å². The van der Waals surface area contributed by atoms with Gasteiger partial charge in [-0.2, -0.15) is 0 Å². The number of methoxy groups -OCH3 is 1. The van der Waals surface area contributed by atoms with Gasteiger partial charge < -0.3 is 30.1 Å². The number of hydrogen-bond acceptors (Lipinski definition) is 7. The number of phenols is 1. The predicted molar refractivity (Wildman–Crippen MR) is 164 cm³/mol. The van der Waals surface area contributed by atoms with Crippen molar-refractivity contribution in [3.63, 3.8) is 0 Å². The molecule has 0 saturated heterocycles. The fourth-order valence-electron chi connectivity index (χ4n) is 4.64. The molecular weight excluding hydrogens is 550 g/mol. The summed E-state index contributed by atoms with van der Waals surface area (Å²) in [6.07, 6.45) is 0.648. The van der Waals surface area contributed by atoms with Crippen molar-refractivity contribution < 1.29 is 33.8 Å². The molecule has 0 heterocycles. The van der Waals surface area contributed by atoms with E-state index in [0.29, 0.717) is 17.9 Å². The summed E-state index contributed by atoms with van der Waals surface area (Å²) >= 11 is 0. The number of nitrogens with one attached hydrogen (secondary N) is 2. The molecule has 0 radical (unpaired) electrons. The van der Waals surface area contributed by atoms with E-state index < -0.39 is 54.1 Å². The predicted octanol–water partition coefficient (Wildman–Crippen LogP) is 4.82. The van der Waals surface area contributed by atoms with E-state index in [2.05, 4.69) is 24.5 Å². The molecule has 10 nitrogen and oxygen atoms in total. The molecule has 3 amide bonds. The van der Waals surface area contributed by atoms with Crippen molar-refractivity contribution in [1.29, 1.82) is 0 Å². The maximum atomic E-state index is 14.6. The normalized spacial score (nSPS) is 13.4. The first kappa shape index (κ1) is 35.1. The van der Waals surface area contributed by atoms with Crippen LogP contribution >= 0.6 is 0 Å². The van der Waals surface area contributed by atoms with Crippen molar-refractivity contribution in [1.82, 2.24) is 15.5 Å². The van der Waals surface area contributed by atoms with Crippen molar-refractivity contribution >= 4 is 23.9 Å². The number of aryl methyl sites for hydroxylation is 1. The van der Waals surface area contributed by atoms with Crippen LogP contribution < -0.4 is 10.6 Å². The summed E-state index contributed by atoms with van der Waals surface area (Å²) in [6.45, 7) is 12.4. The summed E-state index contributed by atoms with van der Waals surface area (Å²) in [5, 5.41) is 16.4. The summed E-state index contributed by atoms with van der Waals surface area (Å²) in [5.41, 5.74) is 0.691. The minimum Gasteiger partial charge on any atom is -0.507 e. The number of para-hydroxylation sites is 1. The topological polar surface area (TPSA) is 134 Å². The molecule has 3 atom stereocenters. The molecule has 0 aliphatic heterocycles. The van der Waals surface area contributed by atoms with E-state index in [4.69, 9.17) is 9.47 Å². The zero-order chi connectivity index (χ0) is 32.3. The molecule has 0 saturated carbocycles.